The molecular weight excluding hydrogens is 356 g/mol. The zero-order valence-corrected chi connectivity index (χ0v) is 14.8. The standard InChI is InChI=1S/C19H13ClN2O2S/c1-24-12-8-6-11(7-9-12)18-21-15-10-16(25-17(15)19(23)22-18)13-4-2-3-5-14(13)20/h2-10H,1H3,(H,21,22,23). The lowest BCUT2D eigenvalue weighted by Crippen LogP contribution is -2.07. The van der Waals surface area contributed by atoms with Crippen molar-refractivity contribution in [1.29, 1.82) is 0 Å². The Morgan fingerprint density at radius 2 is 1.88 bits per heavy atom. The Morgan fingerprint density at radius 3 is 2.60 bits per heavy atom. The summed E-state index contributed by atoms with van der Waals surface area (Å²) in [5.74, 6) is 1.28. The number of nitrogens with zero attached hydrogens (tertiary/aromatic N) is 1. The van der Waals surface area contributed by atoms with E-state index >= 15 is 0 Å². The minimum Gasteiger partial charge on any atom is -0.497 e. The van der Waals surface area contributed by atoms with Crippen LogP contribution in [-0.2, 0) is 0 Å². The Bertz CT molecular complexity index is 1120. The molecule has 2 aromatic heterocycles. The molecule has 0 amide bonds. The van der Waals surface area contributed by atoms with E-state index in [-0.39, 0.29) is 5.56 Å². The van der Waals surface area contributed by atoms with E-state index in [0.29, 0.717) is 21.1 Å². The third-order valence-electron chi connectivity index (χ3n) is 3.89. The number of thiophene rings is 1. The quantitative estimate of drug-likeness (QED) is 0.554. The number of halogens is 1. The van der Waals surface area contributed by atoms with Crippen molar-refractivity contribution in [1.82, 2.24) is 9.97 Å². The van der Waals surface area contributed by atoms with Gasteiger partial charge in [-0.05, 0) is 36.4 Å². The molecule has 0 unspecified atom stereocenters. The van der Waals surface area contributed by atoms with E-state index in [2.05, 4.69) is 9.97 Å². The highest BCUT2D eigenvalue weighted by Gasteiger charge is 2.13. The van der Waals surface area contributed by atoms with Crippen LogP contribution in [0.5, 0.6) is 5.75 Å². The SMILES string of the molecule is COc1ccc(-c2nc3cc(-c4ccccc4Cl)sc3c(=O)[nH]2)cc1. The van der Waals surface area contributed by atoms with Gasteiger partial charge in [-0.25, -0.2) is 4.98 Å². The Kier molecular flexibility index (Phi) is 4.03. The fourth-order valence-corrected chi connectivity index (χ4v) is 3.94. The van der Waals surface area contributed by atoms with Crippen LogP contribution in [0.25, 0.3) is 32.0 Å². The van der Waals surface area contributed by atoms with E-state index in [1.807, 2.05) is 54.6 Å². The van der Waals surface area contributed by atoms with Crippen LogP contribution < -0.4 is 10.3 Å². The van der Waals surface area contributed by atoms with E-state index in [1.54, 1.807) is 7.11 Å². The van der Waals surface area contributed by atoms with Gasteiger partial charge in [0, 0.05) is 21.0 Å². The van der Waals surface area contributed by atoms with Crippen molar-refractivity contribution >= 4 is 33.2 Å². The zero-order chi connectivity index (χ0) is 17.4. The van der Waals surface area contributed by atoms with E-state index in [0.717, 1.165) is 21.8 Å². The molecule has 0 spiro atoms. The maximum Gasteiger partial charge on any atom is 0.269 e. The van der Waals surface area contributed by atoms with E-state index in [9.17, 15) is 4.79 Å². The molecule has 4 rings (SSSR count). The van der Waals surface area contributed by atoms with Crippen LogP contribution in [0.15, 0.2) is 59.4 Å². The molecular formula is C19H13ClN2O2S. The van der Waals surface area contributed by atoms with Crippen molar-refractivity contribution in [2.75, 3.05) is 7.11 Å². The highest BCUT2D eigenvalue weighted by molar-refractivity contribution is 7.22. The largest absolute Gasteiger partial charge is 0.497 e. The number of hydrogen-bond donors (Lipinski definition) is 1. The summed E-state index contributed by atoms with van der Waals surface area (Å²) in [7, 11) is 1.61. The lowest BCUT2D eigenvalue weighted by molar-refractivity contribution is 0.415. The summed E-state index contributed by atoms with van der Waals surface area (Å²) in [5.41, 5.74) is 2.23. The van der Waals surface area contributed by atoms with Gasteiger partial charge in [-0.15, -0.1) is 11.3 Å². The van der Waals surface area contributed by atoms with Crippen LogP contribution in [0.1, 0.15) is 0 Å². The molecule has 0 aliphatic rings. The normalized spacial score (nSPS) is 11.0. The number of ether oxygens (including phenoxy) is 1. The Morgan fingerprint density at radius 1 is 1.12 bits per heavy atom. The lowest BCUT2D eigenvalue weighted by atomic mass is 10.2. The summed E-state index contributed by atoms with van der Waals surface area (Å²) in [6.45, 7) is 0. The lowest BCUT2D eigenvalue weighted by Gasteiger charge is -2.03. The Balaban J connectivity index is 1.84. The summed E-state index contributed by atoms with van der Waals surface area (Å²) >= 11 is 7.66. The molecule has 2 aromatic carbocycles. The Hall–Kier alpha value is -2.63. The summed E-state index contributed by atoms with van der Waals surface area (Å²) in [5, 5.41) is 0.654. The van der Waals surface area contributed by atoms with Crippen LogP contribution in [-0.4, -0.2) is 17.1 Å². The molecule has 4 aromatic rings. The number of aromatic nitrogens is 2. The number of fused-ring (bicyclic) bond motifs is 1. The van der Waals surface area contributed by atoms with Gasteiger partial charge in [0.05, 0.1) is 12.6 Å². The summed E-state index contributed by atoms with van der Waals surface area (Å²) in [4.78, 5) is 20.9. The average molecular weight is 369 g/mol. The molecule has 0 fully saturated rings. The maximum absolute atomic E-state index is 12.5. The van der Waals surface area contributed by atoms with Gasteiger partial charge in [-0.2, -0.15) is 0 Å². The molecule has 0 aliphatic carbocycles. The molecule has 0 radical (unpaired) electrons. The summed E-state index contributed by atoms with van der Waals surface area (Å²) in [6, 6.07) is 16.9. The van der Waals surface area contributed by atoms with Crippen LogP contribution in [0.3, 0.4) is 0 Å². The average Bonchev–Trinajstić information content (AvgIpc) is 3.07. The fourth-order valence-electron chi connectivity index (χ4n) is 2.62. The molecule has 25 heavy (non-hydrogen) atoms. The minimum absolute atomic E-state index is 0.154. The summed E-state index contributed by atoms with van der Waals surface area (Å²) in [6.07, 6.45) is 0. The number of nitrogens with one attached hydrogen (secondary N) is 1. The van der Waals surface area contributed by atoms with E-state index < -0.39 is 0 Å². The molecule has 0 bridgehead atoms. The first kappa shape index (κ1) is 15.9. The van der Waals surface area contributed by atoms with Crippen LogP contribution >= 0.6 is 22.9 Å². The summed E-state index contributed by atoms with van der Waals surface area (Å²) < 4.78 is 5.75. The second-order valence-electron chi connectivity index (χ2n) is 5.45. The van der Waals surface area contributed by atoms with Crippen molar-refractivity contribution in [2.24, 2.45) is 0 Å². The molecule has 0 saturated heterocycles. The fraction of sp³-hybridized carbons (Fsp3) is 0.0526. The predicted molar refractivity (Wildman–Crippen MR) is 103 cm³/mol. The highest BCUT2D eigenvalue weighted by atomic mass is 35.5. The van der Waals surface area contributed by atoms with Crippen molar-refractivity contribution in [3.8, 4) is 27.6 Å². The van der Waals surface area contributed by atoms with Gasteiger partial charge in [0.25, 0.3) is 5.56 Å². The van der Waals surface area contributed by atoms with Gasteiger partial charge in [0.2, 0.25) is 0 Å². The van der Waals surface area contributed by atoms with Crippen molar-refractivity contribution in [3.63, 3.8) is 0 Å². The van der Waals surface area contributed by atoms with Crippen LogP contribution in [0, 0.1) is 0 Å². The Labute approximate surface area is 152 Å². The first-order chi connectivity index (χ1) is 12.2. The third kappa shape index (κ3) is 2.92. The predicted octanol–water partition coefficient (Wildman–Crippen LogP) is 4.98. The molecule has 4 nitrogen and oxygen atoms in total. The molecule has 2 heterocycles. The van der Waals surface area contributed by atoms with E-state index in [4.69, 9.17) is 16.3 Å². The van der Waals surface area contributed by atoms with Gasteiger partial charge in [0.15, 0.2) is 0 Å². The van der Waals surface area contributed by atoms with Gasteiger partial charge >= 0.3 is 0 Å². The number of H-pyrrole nitrogens is 1. The van der Waals surface area contributed by atoms with Crippen molar-refractivity contribution in [3.05, 3.63) is 70.0 Å². The van der Waals surface area contributed by atoms with Gasteiger partial charge < -0.3 is 9.72 Å². The smallest absolute Gasteiger partial charge is 0.269 e. The highest BCUT2D eigenvalue weighted by Crippen LogP contribution is 2.35. The maximum atomic E-state index is 12.5. The van der Waals surface area contributed by atoms with Gasteiger partial charge in [0.1, 0.15) is 16.3 Å². The minimum atomic E-state index is -0.154. The number of methoxy groups -OCH3 is 1. The molecule has 6 heteroatoms. The van der Waals surface area contributed by atoms with Crippen LogP contribution in [0.4, 0.5) is 0 Å². The molecule has 0 aliphatic heterocycles. The second-order valence-corrected chi connectivity index (χ2v) is 6.91. The first-order valence-corrected chi connectivity index (χ1v) is 8.78. The second kappa shape index (κ2) is 6.35. The number of aromatic amines is 1. The number of rotatable bonds is 3. The molecule has 0 atom stereocenters. The first-order valence-electron chi connectivity index (χ1n) is 7.59. The number of benzene rings is 2. The molecule has 0 saturated carbocycles. The zero-order valence-electron chi connectivity index (χ0n) is 13.2. The van der Waals surface area contributed by atoms with E-state index in [1.165, 1.54) is 11.3 Å². The monoisotopic (exact) mass is 368 g/mol. The van der Waals surface area contributed by atoms with Gasteiger partial charge in [-0.3, -0.25) is 4.79 Å². The van der Waals surface area contributed by atoms with Gasteiger partial charge in [-0.1, -0.05) is 29.8 Å². The topological polar surface area (TPSA) is 55.0 Å². The van der Waals surface area contributed by atoms with Crippen molar-refractivity contribution in [2.45, 2.75) is 0 Å². The van der Waals surface area contributed by atoms with Crippen LogP contribution in [0.2, 0.25) is 5.02 Å². The molecule has 1 N–H and O–H groups in total. The number of hydrogen-bond acceptors (Lipinski definition) is 4. The third-order valence-corrected chi connectivity index (χ3v) is 5.37. The van der Waals surface area contributed by atoms with Crippen molar-refractivity contribution < 1.29 is 4.74 Å². The molecule has 124 valence electrons.